The Bertz CT molecular complexity index is 907. The molecular formula is C23H25ClN2O3. The van der Waals surface area contributed by atoms with Crippen molar-refractivity contribution in [3.8, 4) is 0 Å². The van der Waals surface area contributed by atoms with Gasteiger partial charge in [-0.15, -0.1) is 0 Å². The number of rotatable bonds is 5. The van der Waals surface area contributed by atoms with Crippen LogP contribution in [0.3, 0.4) is 0 Å². The molecule has 29 heavy (non-hydrogen) atoms. The average molecular weight is 413 g/mol. The van der Waals surface area contributed by atoms with Crippen LogP contribution in [0.4, 0.5) is 5.69 Å². The van der Waals surface area contributed by atoms with E-state index < -0.39 is 11.5 Å². The van der Waals surface area contributed by atoms with Crippen molar-refractivity contribution in [3.05, 3.63) is 64.7 Å². The third-order valence-corrected chi connectivity index (χ3v) is 6.44. The zero-order valence-electron chi connectivity index (χ0n) is 16.5. The van der Waals surface area contributed by atoms with Crippen molar-refractivity contribution in [2.75, 3.05) is 25.6 Å². The fourth-order valence-corrected chi connectivity index (χ4v) is 5.05. The summed E-state index contributed by atoms with van der Waals surface area (Å²) in [5, 5.41) is 3.68. The van der Waals surface area contributed by atoms with Gasteiger partial charge in [0.15, 0.2) is 0 Å². The number of methoxy groups -OCH3 is 1. The van der Waals surface area contributed by atoms with Crippen molar-refractivity contribution in [2.24, 2.45) is 0 Å². The predicted molar refractivity (Wildman–Crippen MR) is 113 cm³/mol. The summed E-state index contributed by atoms with van der Waals surface area (Å²) >= 11 is 5.98. The molecule has 1 saturated carbocycles. The summed E-state index contributed by atoms with van der Waals surface area (Å²) in [5.74, 6) is -0.516. The third-order valence-electron chi connectivity index (χ3n) is 6.18. The van der Waals surface area contributed by atoms with Gasteiger partial charge in [-0.2, -0.15) is 0 Å². The van der Waals surface area contributed by atoms with Crippen LogP contribution in [0.15, 0.2) is 48.5 Å². The Labute approximate surface area is 176 Å². The van der Waals surface area contributed by atoms with E-state index in [1.165, 1.54) is 0 Å². The number of hydrogen-bond acceptors (Lipinski definition) is 3. The van der Waals surface area contributed by atoms with Crippen LogP contribution in [0.2, 0.25) is 5.02 Å². The molecule has 152 valence electrons. The first-order chi connectivity index (χ1) is 14.1. The number of carbonyl (C=O) groups excluding carboxylic acids is 2. The molecule has 1 aliphatic carbocycles. The highest BCUT2D eigenvalue weighted by molar-refractivity contribution is 6.30. The highest BCUT2D eigenvalue weighted by Gasteiger charge is 2.55. The van der Waals surface area contributed by atoms with Gasteiger partial charge in [0.25, 0.3) is 5.91 Å². The lowest BCUT2D eigenvalue weighted by molar-refractivity contribution is -0.121. The van der Waals surface area contributed by atoms with Crippen molar-refractivity contribution in [1.82, 2.24) is 4.90 Å². The van der Waals surface area contributed by atoms with E-state index in [0.717, 1.165) is 31.2 Å². The molecule has 1 unspecified atom stereocenters. The minimum Gasteiger partial charge on any atom is -0.383 e. The fraction of sp³-hybridized carbons (Fsp3) is 0.391. The zero-order chi connectivity index (χ0) is 20.4. The molecule has 1 fully saturated rings. The van der Waals surface area contributed by atoms with Crippen LogP contribution in [0.5, 0.6) is 0 Å². The molecule has 1 heterocycles. The molecule has 4 rings (SSSR count). The predicted octanol–water partition coefficient (Wildman–Crippen LogP) is 4.48. The van der Waals surface area contributed by atoms with E-state index in [1.807, 2.05) is 29.2 Å². The van der Waals surface area contributed by atoms with Crippen molar-refractivity contribution in [3.63, 3.8) is 0 Å². The summed E-state index contributed by atoms with van der Waals surface area (Å²) in [6, 6.07) is 14.6. The number of ether oxygens (including phenoxy) is 1. The van der Waals surface area contributed by atoms with Crippen LogP contribution in [0.25, 0.3) is 0 Å². The Balaban J connectivity index is 1.77. The molecule has 2 aromatic carbocycles. The second-order valence-corrected chi connectivity index (χ2v) is 8.21. The molecule has 1 spiro atoms. The van der Waals surface area contributed by atoms with Gasteiger partial charge < -0.3 is 15.0 Å². The third kappa shape index (κ3) is 3.53. The molecule has 6 heteroatoms. The smallest absolute Gasteiger partial charge is 0.254 e. The van der Waals surface area contributed by atoms with Gasteiger partial charge >= 0.3 is 0 Å². The maximum Gasteiger partial charge on any atom is 0.254 e. The molecule has 2 amide bonds. The summed E-state index contributed by atoms with van der Waals surface area (Å²) in [6.07, 6.45) is 3.64. The second kappa shape index (κ2) is 8.17. The van der Waals surface area contributed by atoms with Crippen molar-refractivity contribution in [2.45, 2.75) is 37.1 Å². The number of fused-ring (bicyclic) bond motifs is 1. The topological polar surface area (TPSA) is 58.6 Å². The van der Waals surface area contributed by atoms with Gasteiger partial charge in [-0.25, -0.2) is 0 Å². The Morgan fingerprint density at radius 1 is 1.17 bits per heavy atom. The average Bonchev–Trinajstić information content (AvgIpc) is 3.19. The molecule has 0 saturated heterocycles. The highest BCUT2D eigenvalue weighted by Crippen LogP contribution is 2.50. The zero-order valence-corrected chi connectivity index (χ0v) is 17.2. The minimum absolute atomic E-state index is 0.00454. The standard InChI is InChI=1S/C23H25ClN2O3/c1-29-15-14-26-22(28)19-7-3-2-6-18(19)20(23(26)12-4-5-13-23)21(27)25-17-10-8-16(24)9-11-17/h2-3,6-11,20H,4-5,12-15H2,1H3,(H,25,27). The van der Waals surface area contributed by atoms with E-state index >= 15 is 0 Å². The molecule has 2 aromatic rings. The maximum absolute atomic E-state index is 13.6. The fourth-order valence-electron chi connectivity index (χ4n) is 4.92. The lowest BCUT2D eigenvalue weighted by Crippen LogP contribution is -2.60. The molecule has 1 atom stereocenters. The van der Waals surface area contributed by atoms with Crippen molar-refractivity contribution in [1.29, 1.82) is 0 Å². The van der Waals surface area contributed by atoms with Crippen molar-refractivity contribution < 1.29 is 14.3 Å². The molecule has 0 radical (unpaired) electrons. The SMILES string of the molecule is COCCN1C(=O)c2ccccc2C(C(=O)Nc2ccc(Cl)cc2)C12CCCC2. The molecule has 5 nitrogen and oxygen atoms in total. The number of nitrogens with zero attached hydrogens (tertiary/aromatic N) is 1. The number of hydrogen-bond donors (Lipinski definition) is 1. The number of halogens is 1. The quantitative estimate of drug-likeness (QED) is 0.787. The monoisotopic (exact) mass is 412 g/mol. The second-order valence-electron chi connectivity index (χ2n) is 7.78. The minimum atomic E-state index is -0.513. The molecule has 1 N–H and O–H groups in total. The summed E-state index contributed by atoms with van der Waals surface area (Å²) in [7, 11) is 1.63. The van der Waals surface area contributed by atoms with E-state index in [9.17, 15) is 9.59 Å². The van der Waals surface area contributed by atoms with Gasteiger partial charge in [0, 0.05) is 29.9 Å². The van der Waals surface area contributed by atoms with Gasteiger partial charge in [-0.1, -0.05) is 42.6 Å². The van der Waals surface area contributed by atoms with Gasteiger partial charge in [0.1, 0.15) is 0 Å². The summed E-state index contributed by atoms with van der Waals surface area (Å²) < 4.78 is 5.28. The Morgan fingerprint density at radius 2 is 1.86 bits per heavy atom. The van der Waals surface area contributed by atoms with Gasteiger partial charge in [-0.3, -0.25) is 9.59 Å². The molecule has 1 aliphatic heterocycles. The van der Waals surface area contributed by atoms with E-state index in [1.54, 1.807) is 31.4 Å². The number of benzene rings is 2. The summed E-state index contributed by atoms with van der Waals surface area (Å²) in [4.78, 5) is 28.9. The summed E-state index contributed by atoms with van der Waals surface area (Å²) in [6.45, 7) is 0.926. The molecule has 2 aliphatic rings. The Kier molecular flexibility index (Phi) is 5.61. The number of nitrogens with one attached hydrogen (secondary N) is 1. The van der Waals surface area contributed by atoms with E-state index in [2.05, 4.69) is 5.32 Å². The van der Waals surface area contributed by atoms with Gasteiger partial charge in [0.05, 0.1) is 18.1 Å². The maximum atomic E-state index is 13.6. The van der Waals surface area contributed by atoms with Crippen LogP contribution in [-0.2, 0) is 9.53 Å². The van der Waals surface area contributed by atoms with Crippen LogP contribution in [0, 0.1) is 0 Å². The summed E-state index contributed by atoms with van der Waals surface area (Å²) in [5.41, 5.74) is 1.61. The van der Waals surface area contributed by atoms with Crippen molar-refractivity contribution >= 4 is 29.1 Å². The van der Waals surface area contributed by atoms with Gasteiger partial charge in [0.2, 0.25) is 5.91 Å². The first-order valence-corrected chi connectivity index (χ1v) is 10.4. The Morgan fingerprint density at radius 3 is 2.55 bits per heavy atom. The lowest BCUT2D eigenvalue weighted by atomic mass is 9.71. The molecule has 0 bridgehead atoms. The normalized spacial score (nSPS) is 20.0. The highest BCUT2D eigenvalue weighted by atomic mass is 35.5. The molecule has 0 aromatic heterocycles. The van der Waals surface area contributed by atoms with E-state index in [-0.39, 0.29) is 11.8 Å². The first kappa shape index (κ1) is 19.9. The van der Waals surface area contributed by atoms with Crippen LogP contribution in [0.1, 0.15) is 47.5 Å². The number of amides is 2. The molecular weight excluding hydrogens is 388 g/mol. The van der Waals surface area contributed by atoms with Crippen LogP contribution >= 0.6 is 11.6 Å². The lowest BCUT2D eigenvalue weighted by Gasteiger charge is -2.50. The largest absolute Gasteiger partial charge is 0.383 e. The van der Waals surface area contributed by atoms with Crippen LogP contribution < -0.4 is 5.32 Å². The van der Waals surface area contributed by atoms with E-state index in [0.29, 0.717) is 29.4 Å². The van der Waals surface area contributed by atoms with E-state index in [4.69, 9.17) is 16.3 Å². The Hall–Kier alpha value is -2.37. The first-order valence-electron chi connectivity index (χ1n) is 10.0. The van der Waals surface area contributed by atoms with Gasteiger partial charge in [-0.05, 0) is 48.7 Å². The number of anilines is 1. The van der Waals surface area contributed by atoms with Crippen LogP contribution in [-0.4, -0.2) is 42.5 Å². The number of carbonyl (C=O) groups is 2.